The first-order valence-corrected chi connectivity index (χ1v) is 14.6. The van der Waals surface area contributed by atoms with Crippen LogP contribution in [-0.4, -0.2) is 38.7 Å². The number of hydrogen-bond acceptors (Lipinski definition) is 7. The van der Waals surface area contributed by atoms with Crippen LogP contribution in [0.15, 0.2) is 132 Å². The van der Waals surface area contributed by atoms with E-state index >= 15 is 0 Å². The number of thioether (sulfide) groups is 1. The highest BCUT2D eigenvalue weighted by Crippen LogP contribution is 2.42. The molecule has 0 spiro atoms. The number of benzene rings is 4. The fourth-order valence-corrected chi connectivity index (χ4v) is 6.04. The van der Waals surface area contributed by atoms with Crippen LogP contribution in [0.1, 0.15) is 29.2 Å². The molecule has 1 atom stereocenters. The molecular formula is C34H29N3O5S. The third-order valence-corrected chi connectivity index (χ3v) is 8.10. The van der Waals surface area contributed by atoms with Crippen LogP contribution in [0.5, 0.6) is 0 Å². The number of carbonyl (C=O) groups is 2. The number of carbonyl (C=O) groups excluding carboxylic acids is 2. The van der Waals surface area contributed by atoms with E-state index in [4.69, 9.17) is 9.73 Å². The molecule has 1 heterocycles. The number of nitrogens with zero attached hydrogens (tertiary/aromatic N) is 3. The van der Waals surface area contributed by atoms with Gasteiger partial charge < -0.3 is 9.64 Å². The first-order valence-electron chi connectivity index (χ1n) is 13.6. The number of esters is 1. The minimum Gasteiger partial charge on any atom is -0.459 e. The van der Waals surface area contributed by atoms with Crippen molar-refractivity contribution in [3.05, 3.63) is 160 Å². The zero-order chi connectivity index (χ0) is 30.4. The summed E-state index contributed by atoms with van der Waals surface area (Å²) in [4.78, 5) is 44.3. The highest BCUT2D eigenvalue weighted by atomic mass is 32.2. The Hall–Kier alpha value is -5.02. The van der Waals surface area contributed by atoms with Gasteiger partial charge in [0.05, 0.1) is 10.8 Å². The number of hydrogen-bond donors (Lipinski definition) is 0. The number of non-ortho nitro benzene ring substituents is 1. The van der Waals surface area contributed by atoms with Gasteiger partial charge in [0.25, 0.3) is 11.6 Å². The van der Waals surface area contributed by atoms with Crippen molar-refractivity contribution in [2.75, 3.05) is 5.88 Å². The fraction of sp³-hybridized carbons (Fsp3) is 0.147. The van der Waals surface area contributed by atoms with E-state index in [0.29, 0.717) is 11.1 Å². The number of rotatable bonds is 10. The third kappa shape index (κ3) is 6.12. The molecule has 0 unspecified atom stereocenters. The van der Waals surface area contributed by atoms with E-state index in [2.05, 4.69) is 6.58 Å². The molecular weight excluding hydrogens is 562 g/mol. The predicted molar refractivity (Wildman–Crippen MR) is 167 cm³/mol. The van der Waals surface area contributed by atoms with Gasteiger partial charge in [0.15, 0.2) is 11.1 Å². The summed E-state index contributed by atoms with van der Waals surface area (Å²) in [5.41, 5.74) is 2.64. The molecule has 4 aromatic carbocycles. The van der Waals surface area contributed by atoms with Gasteiger partial charge in [-0.15, -0.1) is 0 Å². The molecule has 1 aliphatic heterocycles. The second-order valence-electron chi connectivity index (χ2n) is 10.1. The largest absolute Gasteiger partial charge is 0.459 e. The van der Waals surface area contributed by atoms with Crippen LogP contribution in [0.2, 0.25) is 0 Å². The molecule has 0 radical (unpaired) electrons. The highest BCUT2D eigenvalue weighted by Gasteiger charge is 2.43. The van der Waals surface area contributed by atoms with Gasteiger partial charge in [0.2, 0.25) is 0 Å². The maximum atomic E-state index is 14.0. The molecule has 43 heavy (non-hydrogen) atoms. The Bertz CT molecular complexity index is 1560. The minimum atomic E-state index is -1.02. The number of nitro groups is 1. The maximum Gasteiger partial charge on any atom is 0.333 e. The number of aliphatic imine (C=N–C) groups is 1. The molecule has 0 saturated carbocycles. The van der Waals surface area contributed by atoms with Crippen LogP contribution >= 0.6 is 11.8 Å². The van der Waals surface area contributed by atoms with Crippen LogP contribution in [0.4, 0.5) is 5.69 Å². The molecule has 0 bridgehead atoms. The van der Waals surface area contributed by atoms with Crippen LogP contribution < -0.4 is 0 Å². The lowest BCUT2D eigenvalue weighted by molar-refractivity contribution is -0.384. The zero-order valence-electron chi connectivity index (χ0n) is 23.5. The van der Waals surface area contributed by atoms with Crippen LogP contribution in [0.25, 0.3) is 0 Å². The maximum absolute atomic E-state index is 14.0. The lowest BCUT2D eigenvalue weighted by atomic mass is 9.77. The van der Waals surface area contributed by atoms with Gasteiger partial charge in [-0.05, 0) is 46.9 Å². The Morgan fingerprint density at radius 2 is 1.42 bits per heavy atom. The summed E-state index contributed by atoms with van der Waals surface area (Å²) in [6.07, 6.45) is 0. The van der Waals surface area contributed by atoms with Crippen molar-refractivity contribution < 1.29 is 19.2 Å². The second kappa shape index (κ2) is 12.9. The Morgan fingerprint density at radius 1 is 0.930 bits per heavy atom. The molecule has 4 aromatic rings. The monoisotopic (exact) mass is 591 g/mol. The summed E-state index contributed by atoms with van der Waals surface area (Å²) in [6, 6.07) is 34.2. The van der Waals surface area contributed by atoms with Crippen molar-refractivity contribution in [2.24, 2.45) is 4.99 Å². The standard InChI is InChI=1S/C34H29N3O5S/c1-24(2)30(33(39)42-22-25-18-20-29(21-19-25)37(40)41)36-23-43-31(32(36)38)35-34(26-12-6-3-7-13-26,27-14-8-4-9-15-27)28-16-10-5-11-17-28/h3-21,30H,1,22-23H2,2H3/t30-/m1/s1. The average Bonchev–Trinajstić information content (AvgIpc) is 3.38. The SMILES string of the molecule is C=C(C)[C@H](C(=O)OCc1ccc([N+](=O)[O-])cc1)N1CSC(=NC(c2ccccc2)(c2ccccc2)c2ccccc2)C1=O. The summed E-state index contributed by atoms with van der Waals surface area (Å²) < 4.78 is 5.54. The first kappa shape index (κ1) is 29.5. The van der Waals surface area contributed by atoms with Gasteiger partial charge in [0, 0.05) is 12.1 Å². The minimum absolute atomic E-state index is 0.0565. The molecule has 1 saturated heterocycles. The predicted octanol–water partition coefficient (Wildman–Crippen LogP) is 6.51. The lowest BCUT2D eigenvalue weighted by Gasteiger charge is -2.32. The Labute approximate surface area is 253 Å². The molecule has 1 amide bonds. The highest BCUT2D eigenvalue weighted by molar-refractivity contribution is 8.16. The molecule has 1 fully saturated rings. The first-order chi connectivity index (χ1) is 20.8. The van der Waals surface area contributed by atoms with E-state index in [1.165, 1.54) is 40.9 Å². The summed E-state index contributed by atoms with van der Waals surface area (Å²) in [6.45, 7) is 5.54. The molecule has 0 aliphatic carbocycles. The van der Waals surface area contributed by atoms with Crippen molar-refractivity contribution >= 4 is 34.4 Å². The van der Waals surface area contributed by atoms with E-state index in [9.17, 15) is 19.7 Å². The van der Waals surface area contributed by atoms with Gasteiger partial charge in [-0.2, -0.15) is 0 Å². The summed E-state index contributed by atoms with van der Waals surface area (Å²) in [7, 11) is 0. The van der Waals surface area contributed by atoms with Crippen molar-refractivity contribution in [1.29, 1.82) is 0 Å². The van der Waals surface area contributed by atoms with Crippen molar-refractivity contribution in [1.82, 2.24) is 4.90 Å². The summed E-state index contributed by atoms with van der Waals surface area (Å²) in [5.74, 6) is -0.838. The van der Waals surface area contributed by atoms with E-state index in [1.807, 2.05) is 91.0 Å². The lowest BCUT2D eigenvalue weighted by Crippen LogP contribution is -2.44. The number of ether oxygens (including phenoxy) is 1. The zero-order valence-corrected chi connectivity index (χ0v) is 24.3. The topological polar surface area (TPSA) is 102 Å². The number of nitro benzene ring substituents is 1. The molecule has 9 heteroatoms. The van der Waals surface area contributed by atoms with Gasteiger partial charge in [-0.1, -0.05) is 109 Å². The normalized spacial score (nSPS) is 14.9. The Kier molecular flexibility index (Phi) is 8.82. The second-order valence-corrected chi connectivity index (χ2v) is 11.0. The Morgan fingerprint density at radius 3 is 1.86 bits per heavy atom. The molecule has 5 rings (SSSR count). The van der Waals surface area contributed by atoms with Gasteiger partial charge in [-0.3, -0.25) is 19.9 Å². The quantitative estimate of drug-likeness (QED) is 0.0685. The van der Waals surface area contributed by atoms with Gasteiger partial charge in [0.1, 0.15) is 12.1 Å². The molecule has 8 nitrogen and oxygen atoms in total. The molecule has 0 aromatic heterocycles. The van der Waals surface area contributed by atoms with E-state index in [0.717, 1.165) is 16.7 Å². The van der Waals surface area contributed by atoms with E-state index < -0.39 is 28.4 Å². The van der Waals surface area contributed by atoms with Crippen molar-refractivity contribution in [2.45, 2.75) is 25.1 Å². The van der Waals surface area contributed by atoms with E-state index in [-0.39, 0.29) is 23.2 Å². The molecule has 216 valence electrons. The van der Waals surface area contributed by atoms with Crippen molar-refractivity contribution in [3.8, 4) is 0 Å². The van der Waals surface area contributed by atoms with Crippen LogP contribution in [-0.2, 0) is 26.5 Å². The van der Waals surface area contributed by atoms with Crippen LogP contribution in [0.3, 0.4) is 0 Å². The fourth-order valence-electron chi connectivity index (χ4n) is 5.07. The summed E-state index contributed by atoms with van der Waals surface area (Å²) >= 11 is 1.27. The Balaban J connectivity index is 1.48. The third-order valence-electron chi connectivity index (χ3n) is 7.16. The summed E-state index contributed by atoms with van der Waals surface area (Å²) in [5, 5.41) is 11.2. The van der Waals surface area contributed by atoms with E-state index in [1.54, 1.807) is 6.92 Å². The van der Waals surface area contributed by atoms with Crippen molar-refractivity contribution in [3.63, 3.8) is 0 Å². The molecule has 1 aliphatic rings. The number of amides is 1. The molecule has 0 N–H and O–H groups in total. The average molecular weight is 592 g/mol. The van der Waals surface area contributed by atoms with Crippen LogP contribution in [0, 0.1) is 10.1 Å². The van der Waals surface area contributed by atoms with Gasteiger partial charge in [-0.25, -0.2) is 4.79 Å². The smallest absolute Gasteiger partial charge is 0.333 e. The van der Waals surface area contributed by atoms with Gasteiger partial charge >= 0.3 is 5.97 Å².